The number of rotatable bonds is 4. The van der Waals surface area contributed by atoms with Crippen molar-refractivity contribution in [2.24, 2.45) is 0 Å². The lowest BCUT2D eigenvalue weighted by Gasteiger charge is -2.13. The van der Waals surface area contributed by atoms with Gasteiger partial charge in [0.2, 0.25) is 5.91 Å². The highest BCUT2D eigenvalue weighted by atomic mass is 32.1. The van der Waals surface area contributed by atoms with Gasteiger partial charge in [0, 0.05) is 24.2 Å². The zero-order valence-electron chi connectivity index (χ0n) is 11.1. The lowest BCUT2D eigenvalue weighted by molar-refractivity contribution is -0.141. The van der Waals surface area contributed by atoms with Crippen molar-refractivity contribution in [3.05, 3.63) is 46.4 Å². The molecule has 20 heavy (non-hydrogen) atoms. The van der Waals surface area contributed by atoms with Crippen LogP contribution in [0.1, 0.15) is 23.4 Å². The predicted octanol–water partition coefficient (Wildman–Crippen LogP) is 2.41. The van der Waals surface area contributed by atoms with Crippen molar-refractivity contribution in [1.29, 1.82) is 0 Å². The van der Waals surface area contributed by atoms with Gasteiger partial charge >= 0.3 is 5.97 Å². The van der Waals surface area contributed by atoms with Crippen molar-refractivity contribution in [3.63, 3.8) is 0 Å². The number of benzene rings is 1. The largest absolute Gasteiger partial charge is 0.468 e. The number of hydrogen-bond acceptors (Lipinski definition) is 5. The van der Waals surface area contributed by atoms with Gasteiger partial charge in [-0.15, -0.1) is 11.3 Å². The van der Waals surface area contributed by atoms with Crippen LogP contribution in [0.4, 0.5) is 5.69 Å². The number of hydrogen-bond donors (Lipinski definition) is 1. The van der Waals surface area contributed by atoms with E-state index in [0.29, 0.717) is 10.7 Å². The summed E-state index contributed by atoms with van der Waals surface area (Å²) >= 11 is 1.39. The van der Waals surface area contributed by atoms with E-state index in [0.717, 1.165) is 5.56 Å². The van der Waals surface area contributed by atoms with Crippen LogP contribution in [0.2, 0.25) is 0 Å². The highest BCUT2D eigenvalue weighted by molar-refractivity contribution is 7.09. The Morgan fingerprint density at radius 3 is 2.80 bits per heavy atom. The fourth-order valence-corrected chi connectivity index (χ4v) is 2.62. The fraction of sp³-hybridized carbons (Fsp3) is 0.214. The van der Waals surface area contributed by atoms with Gasteiger partial charge in [0.15, 0.2) is 0 Å². The first-order valence-electron chi connectivity index (χ1n) is 5.96. The first kappa shape index (κ1) is 14.2. The van der Waals surface area contributed by atoms with Crippen LogP contribution < -0.4 is 5.32 Å². The number of nitrogens with one attached hydrogen (secondary N) is 1. The first-order chi connectivity index (χ1) is 9.61. The second kappa shape index (κ2) is 6.29. The molecule has 0 aliphatic rings. The highest BCUT2D eigenvalue weighted by Gasteiger charge is 2.26. The molecule has 2 aromatic rings. The number of amides is 1. The molecule has 1 aromatic heterocycles. The zero-order valence-corrected chi connectivity index (χ0v) is 11.9. The molecule has 104 valence electrons. The summed E-state index contributed by atoms with van der Waals surface area (Å²) in [6, 6.07) is 7.12. The second-order valence-electron chi connectivity index (χ2n) is 4.13. The van der Waals surface area contributed by atoms with E-state index < -0.39 is 5.92 Å². The van der Waals surface area contributed by atoms with E-state index in [-0.39, 0.29) is 11.9 Å². The van der Waals surface area contributed by atoms with Gasteiger partial charge in [0.1, 0.15) is 10.9 Å². The summed E-state index contributed by atoms with van der Waals surface area (Å²) in [6.45, 7) is 1.44. The highest BCUT2D eigenvalue weighted by Crippen LogP contribution is 2.29. The van der Waals surface area contributed by atoms with Crippen molar-refractivity contribution < 1.29 is 14.3 Å². The van der Waals surface area contributed by atoms with Crippen LogP contribution in [0.25, 0.3) is 0 Å². The van der Waals surface area contributed by atoms with E-state index in [4.69, 9.17) is 4.74 Å². The summed E-state index contributed by atoms with van der Waals surface area (Å²) in [4.78, 5) is 27.3. The minimum Gasteiger partial charge on any atom is -0.468 e. The van der Waals surface area contributed by atoms with Crippen LogP contribution in [0.15, 0.2) is 35.8 Å². The van der Waals surface area contributed by atoms with E-state index in [2.05, 4.69) is 10.3 Å². The third-order valence-corrected chi connectivity index (χ3v) is 3.52. The van der Waals surface area contributed by atoms with E-state index >= 15 is 0 Å². The summed E-state index contributed by atoms with van der Waals surface area (Å²) in [7, 11) is 1.35. The first-order valence-corrected chi connectivity index (χ1v) is 6.84. The summed E-state index contributed by atoms with van der Waals surface area (Å²) in [5.74, 6) is -1.11. The second-order valence-corrected chi connectivity index (χ2v) is 5.06. The Labute approximate surface area is 120 Å². The number of aromatic nitrogens is 1. The summed E-state index contributed by atoms with van der Waals surface area (Å²) < 4.78 is 4.85. The van der Waals surface area contributed by atoms with Gasteiger partial charge in [0.05, 0.1) is 7.11 Å². The van der Waals surface area contributed by atoms with Crippen molar-refractivity contribution in [2.45, 2.75) is 12.8 Å². The SMILES string of the molecule is COC(=O)C(c1cccc(NC(C)=O)c1)c1nccs1. The Kier molecular flexibility index (Phi) is 4.47. The topological polar surface area (TPSA) is 68.3 Å². The fourth-order valence-electron chi connectivity index (χ4n) is 1.87. The lowest BCUT2D eigenvalue weighted by atomic mass is 9.99. The third kappa shape index (κ3) is 3.21. The average Bonchev–Trinajstić information content (AvgIpc) is 2.92. The smallest absolute Gasteiger partial charge is 0.320 e. The Morgan fingerprint density at radius 2 is 2.20 bits per heavy atom. The Bertz CT molecular complexity index is 611. The molecule has 5 nitrogen and oxygen atoms in total. The van der Waals surface area contributed by atoms with Crippen molar-refractivity contribution in [3.8, 4) is 0 Å². The molecule has 0 fully saturated rings. The molecule has 0 radical (unpaired) electrons. The van der Waals surface area contributed by atoms with Crippen LogP contribution in [-0.2, 0) is 14.3 Å². The molecule has 0 aliphatic heterocycles. The van der Waals surface area contributed by atoms with Crippen LogP contribution >= 0.6 is 11.3 Å². The molecule has 0 saturated heterocycles. The zero-order chi connectivity index (χ0) is 14.5. The van der Waals surface area contributed by atoms with Gasteiger partial charge in [-0.3, -0.25) is 9.59 Å². The van der Waals surface area contributed by atoms with Crippen LogP contribution in [0, 0.1) is 0 Å². The molecule has 0 saturated carbocycles. The maximum atomic E-state index is 12.0. The molecule has 2 rings (SSSR count). The molecular weight excluding hydrogens is 276 g/mol. The Hall–Kier alpha value is -2.21. The summed E-state index contributed by atoms with van der Waals surface area (Å²) in [6.07, 6.45) is 1.65. The molecule has 1 aromatic carbocycles. The number of thiazole rings is 1. The molecule has 0 bridgehead atoms. The Balaban J connectivity index is 2.39. The van der Waals surface area contributed by atoms with Crippen LogP contribution in [0.3, 0.4) is 0 Å². The van der Waals surface area contributed by atoms with Gasteiger partial charge in [0.25, 0.3) is 0 Å². The molecule has 1 unspecified atom stereocenters. The maximum absolute atomic E-state index is 12.0. The normalized spacial score (nSPS) is 11.7. The molecule has 1 heterocycles. The van der Waals surface area contributed by atoms with Gasteiger partial charge in [-0.2, -0.15) is 0 Å². The van der Waals surface area contributed by atoms with Crippen molar-refractivity contribution in [1.82, 2.24) is 4.98 Å². The molecule has 1 amide bonds. The average molecular weight is 290 g/mol. The van der Waals surface area contributed by atoms with Crippen molar-refractivity contribution >= 4 is 28.9 Å². The van der Waals surface area contributed by atoms with Crippen LogP contribution in [-0.4, -0.2) is 24.0 Å². The third-order valence-electron chi connectivity index (χ3n) is 2.68. The molecule has 0 spiro atoms. The van der Waals surface area contributed by atoms with E-state index in [1.54, 1.807) is 24.4 Å². The number of nitrogens with zero attached hydrogens (tertiary/aromatic N) is 1. The molecule has 0 aliphatic carbocycles. The number of esters is 1. The van der Waals surface area contributed by atoms with Crippen molar-refractivity contribution in [2.75, 3.05) is 12.4 Å². The number of carbonyl (C=O) groups excluding carboxylic acids is 2. The summed E-state index contributed by atoms with van der Waals surface area (Å²) in [5, 5.41) is 5.17. The van der Waals surface area contributed by atoms with E-state index in [1.165, 1.54) is 25.4 Å². The number of ether oxygens (including phenoxy) is 1. The minimum absolute atomic E-state index is 0.161. The van der Waals surface area contributed by atoms with Gasteiger partial charge in [-0.1, -0.05) is 12.1 Å². The number of carbonyl (C=O) groups is 2. The van der Waals surface area contributed by atoms with Gasteiger partial charge in [-0.25, -0.2) is 4.98 Å². The number of anilines is 1. The quantitative estimate of drug-likeness (QED) is 0.878. The molecule has 6 heteroatoms. The summed E-state index contributed by atoms with van der Waals surface area (Å²) in [5.41, 5.74) is 1.37. The molecular formula is C14H14N2O3S. The maximum Gasteiger partial charge on any atom is 0.320 e. The minimum atomic E-state index is -0.575. The van der Waals surface area contributed by atoms with E-state index in [9.17, 15) is 9.59 Å². The van der Waals surface area contributed by atoms with Crippen LogP contribution in [0.5, 0.6) is 0 Å². The Morgan fingerprint density at radius 1 is 1.40 bits per heavy atom. The van der Waals surface area contributed by atoms with Gasteiger partial charge in [-0.05, 0) is 17.7 Å². The predicted molar refractivity (Wildman–Crippen MR) is 76.7 cm³/mol. The van der Waals surface area contributed by atoms with E-state index in [1.807, 2.05) is 11.4 Å². The molecule has 1 atom stereocenters. The monoisotopic (exact) mass is 290 g/mol. The standard InChI is InChI=1S/C14H14N2O3S/c1-9(17)16-11-5-3-4-10(8-11)12(14(18)19-2)13-15-6-7-20-13/h3-8,12H,1-2H3,(H,16,17). The van der Waals surface area contributed by atoms with Gasteiger partial charge < -0.3 is 10.1 Å². The molecule has 1 N–H and O–H groups in total. The lowest BCUT2D eigenvalue weighted by Crippen LogP contribution is -2.16. The number of methoxy groups -OCH3 is 1.